The molecule has 0 amide bonds. The molecule has 2 aliphatic rings. The fraction of sp³-hybridized carbons (Fsp3) is 1.00. The van der Waals surface area contributed by atoms with Gasteiger partial charge in [-0.2, -0.15) is 0 Å². The highest BCUT2D eigenvalue weighted by Crippen LogP contribution is 2.77. The molecule has 0 radical (unpaired) electrons. The average Bonchev–Trinajstić information content (AvgIpc) is 2.82. The van der Waals surface area contributed by atoms with E-state index in [1.54, 1.807) is 0 Å². The number of likely N-dealkylation sites (tertiary alicyclic amines) is 1. The molecule has 22 heavy (non-hydrogen) atoms. The Hall–Kier alpha value is 0.550. The summed E-state index contributed by atoms with van der Waals surface area (Å²) in [6, 6.07) is -0.216. The maximum Gasteiger partial charge on any atom is 0.344 e. The molecule has 0 spiro atoms. The summed E-state index contributed by atoms with van der Waals surface area (Å²) in [6.45, 7) is 6.31. The van der Waals surface area contributed by atoms with Crippen LogP contribution in [0.2, 0.25) is 0 Å². The molecule has 4 N–H and O–H groups in total. The molecular formula is C12H25ClNO6P2+. The lowest BCUT2D eigenvalue weighted by Crippen LogP contribution is -2.62. The van der Waals surface area contributed by atoms with Gasteiger partial charge in [0.15, 0.2) is 4.90 Å². The molecule has 1 saturated heterocycles. The Kier molecular flexibility index (Phi) is 4.99. The number of hydrogen-bond acceptors (Lipinski definition) is 2. The minimum atomic E-state index is -4.97. The lowest BCUT2D eigenvalue weighted by atomic mass is 9.88. The first kappa shape index (κ1) is 18.9. The van der Waals surface area contributed by atoms with Gasteiger partial charge < -0.3 is 24.1 Å². The van der Waals surface area contributed by atoms with Gasteiger partial charge in [0, 0.05) is 24.1 Å². The number of rotatable bonds is 4. The predicted molar refractivity (Wildman–Crippen MR) is 83.8 cm³/mol. The van der Waals surface area contributed by atoms with Crippen LogP contribution in [-0.2, 0) is 9.13 Å². The Labute approximate surface area is 135 Å². The molecule has 10 heteroatoms. The molecule has 1 heterocycles. The van der Waals surface area contributed by atoms with Gasteiger partial charge in [-0.05, 0) is 20.3 Å². The third-order valence-corrected chi connectivity index (χ3v) is 11.0. The van der Waals surface area contributed by atoms with Crippen LogP contribution in [-0.4, -0.2) is 60.0 Å². The summed E-state index contributed by atoms with van der Waals surface area (Å²) in [5, 5.41) is -0.297. The lowest BCUT2D eigenvalue weighted by molar-refractivity contribution is -0.955. The second-order valence-electron chi connectivity index (χ2n) is 6.59. The molecule has 1 aliphatic heterocycles. The second kappa shape index (κ2) is 5.82. The summed E-state index contributed by atoms with van der Waals surface area (Å²) < 4.78 is 24.6. The molecule has 3 atom stereocenters. The molecule has 2 fully saturated rings. The summed E-state index contributed by atoms with van der Waals surface area (Å²) in [5.41, 5.74) is 0. The third kappa shape index (κ3) is 2.64. The average molecular weight is 377 g/mol. The first-order valence-electron chi connectivity index (χ1n) is 7.55. The molecule has 7 nitrogen and oxygen atoms in total. The molecular weight excluding hydrogens is 352 g/mol. The normalized spacial score (nSPS) is 34.4. The van der Waals surface area contributed by atoms with Gasteiger partial charge in [-0.1, -0.05) is 0 Å². The Bertz CT molecular complexity index is 506. The summed E-state index contributed by atoms with van der Waals surface area (Å²) in [4.78, 5) is 36.6. The van der Waals surface area contributed by atoms with Gasteiger partial charge in [0.25, 0.3) is 0 Å². The molecule has 0 aromatic heterocycles. The fourth-order valence-corrected chi connectivity index (χ4v) is 7.93. The van der Waals surface area contributed by atoms with Gasteiger partial charge in [0.05, 0.1) is 25.7 Å². The van der Waals surface area contributed by atoms with Crippen LogP contribution >= 0.6 is 26.8 Å². The zero-order valence-electron chi connectivity index (χ0n) is 12.8. The van der Waals surface area contributed by atoms with E-state index in [0.717, 1.165) is 19.6 Å². The first-order valence-corrected chi connectivity index (χ1v) is 11.2. The largest absolute Gasteiger partial charge is 0.344 e. The van der Waals surface area contributed by atoms with Crippen LogP contribution in [0.1, 0.15) is 33.1 Å². The molecule has 1 aliphatic carbocycles. The third-order valence-electron chi connectivity index (χ3n) is 5.96. The topological polar surface area (TPSA) is 115 Å². The lowest BCUT2D eigenvalue weighted by Gasteiger charge is -2.49. The van der Waals surface area contributed by atoms with Crippen LogP contribution in [0.15, 0.2) is 0 Å². The van der Waals surface area contributed by atoms with Crippen molar-refractivity contribution in [2.24, 2.45) is 5.92 Å². The van der Waals surface area contributed by atoms with E-state index >= 15 is 0 Å². The van der Waals surface area contributed by atoms with Gasteiger partial charge in [-0.3, -0.25) is 9.13 Å². The SMILES string of the molecule is CC[N+]1(CC)CCC(Cl)C2CC(P(=O)(O)O)(P(=O)(O)O)CC21. The smallest absolute Gasteiger partial charge is 0.324 e. The van der Waals surface area contributed by atoms with Crippen LogP contribution < -0.4 is 0 Å². The molecule has 130 valence electrons. The second-order valence-corrected chi connectivity index (χ2v) is 11.4. The van der Waals surface area contributed by atoms with Crippen LogP contribution in [0.4, 0.5) is 0 Å². The van der Waals surface area contributed by atoms with Crippen molar-refractivity contribution in [1.29, 1.82) is 0 Å². The van der Waals surface area contributed by atoms with E-state index in [4.69, 9.17) is 11.6 Å². The van der Waals surface area contributed by atoms with Crippen molar-refractivity contribution >= 4 is 26.8 Å². The van der Waals surface area contributed by atoms with Crippen LogP contribution in [0, 0.1) is 5.92 Å². The van der Waals surface area contributed by atoms with Crippen molar-refractivity contribution in [2.45, 2.75) is 49.4 Å². The number of quaternary nitrogens is 1. The van der Waals surface area contributed by atoms with Crippen molar-refractivity contribution in [2.75, 3.05) is 19.6 Å². The minimum Gasteiger partial charge on any atom is -0.324 e. The molecule has 0 aromatic rings. The minimum absolute atomic E-state index is 0.170. The zero-order valence-corrected chi connectivity index (χ0v) is 15.3. The van der Waals surface area contributed by atoms with E-state index in [0.29, 0.717) is 10.9 Å². The Morgan fingerprint density at radius 1 is 1.09 bits per heavy atom. The number of halogens is 1. The van der Waals surface area contributed by atoms with E-state index in [1.807, 2.05) is 13.8 Å². The van der Waals surface area contributed by atoms with Gasteiger partial charge in [-0.15, -0.1) is 11.6 Å². The van der Waals surface area contributed by atoms with Crippen molar-refractivity contribution < 1.29 is 33.2 Å². The fourth-order valence-electron chi connectivity index (χ4n) is 4.47. The molecule has 3 unspecified atom stereocenters. The van der Waals surface area contributed by atoms with Crippen molar-refractivity contribution in [3.8, 4) is 0 Å². The number of alkyl halides is 1. The first-order chi connectivity index (χ1) is 9.94. The van der Waals surface area contributed by atoms with E-state index in [1.165, 1.54) is 0 Å². The van der Waals surface area contributed by atoms with Gasteiger partial charge in [-0.25, -0.2) is 0 Å². The predicted octanol–water partition coefficient (Wildman–Crippen LogP) is 1.68. The molecule has 0 aromatic carbocycles. The zero-order chi connectivity index (χ0) is 17.0. The Balaban J connectivity index is 2.54. The highest BCUT2D eigenvalue weighted by molar-refractivity contribution is 7.72. The monoisotopic (exact) mass is 376 g/mol. The summed E-state index contributed by atoms with van der Waals surface area (Å²) in [6.07, 6.45) is 0.320. The maximum atomic E-state index is 12.0. The summed E-state index contributed by atoms with van der Waals surface area (Å²) in [5.74, 6) is -0.282. The highest BCUT2D eigenvalue weighted by Gasteiger charge is 2.70. The standard InChI is InChI=1S/C12H24ClNO6P2/c1-3-14(4-2)6-5-10(13)9-7-12(8-11(9)14,21(15,16)17)22(18,19)20/h9-11H,3-8H2,1-2H3,(H3-,15,16,17,18,19,20)/p+1. The number of nitrogens with zero attached hydrogens (tertiary/aromatic N) is 1. The van der Waals surface area contributed by atoms with Crippen molar-refractivity contribution in [3.63, 3.8) is 0 Å². The Morgan fingerprint density at radius 3 is 2.00 bits per heavy atom. The van der Waals surface area contributed by atoms with Crippen LogP contribution in [0.3, 0.4) is 0 Å². The highest BCUT2D eigenvalue weighted by atomic mass is 35.5. The van der Waals surface area contributed by atoms with Crippen LogP contribution in [0.25, 0.3) is 0 Å². The van der Waals surface area contributed by atoms with Gasteiger partial charge in [0.1, 0.15) is 0 Å². The summed E-state index contributed by atoms with van der Waals surface area (Å²) >= 11 is 6.37. The van der Waals surface area contributed by atoms with E-state index in [-0.39, 0.29) is 30.2 Å². The maximum absolute atomic E-state index is 12.0. The number of hydrogen-bond donors (Lipinski definition) is 4. The van der Waals surface area contributed by atoms with Crippen LogP contribution in [0.5, 0.6) is 0 Å². The number of fused-ring (bicyclic) bond motifs is 1. The van der Waals surface area contributed by atoms with Crippen molar-refractivity contribution in [3.05, 3.63) is 0 Å². The molecule has 1 saturated carbocycles. The quantitative estimate of drug-likeness (QED) is 0.337. The number of piperidine rings is 1. The molecule has 2 rings (SSSR count). The summed E-state index contributed by atoms with van der Waals surface area (Å²) in [7, 11) is -9.95. The van der Waals surface area contributed by atoms with Crippen molar-refractivity contribution in [1.82, 2.24) is 0 Å². The van der Waals surface area contributed by atoms with E-state index in [9.17, 15) is 28.7 Å². The van der Waals surface area contributed by atoms with E-state index in [2.05, 4.69) is 0 Å². The molecule has 0 bridgehead atoms. The van der Waals surface area contributed by atoms with Gasteiger partial charge in [0.2, 0.25) is 0 Å². The Morgan fingerprint density at radius 2 is 1.59 bits per heavy atom. The van der Waals surface area contributed by atoms with E-state index < -0.39 is 20.1 Å². The van der Waals surface area contributed by atoms with Gasteiger partial charge >= 0.3 is 15.2 Å².